The Balaban J connectivity index is 1.38. The lowest BCUT2D eigenvalue weighted by atomic mass is 10.0. The van der Waals surface area contributed by atoms with Gasteiger partial charge in [-0.3, -0.25) is 9.48 Å². The van der Waals surface area contributed by atoms with Crippen molar-refractivity contribution in [1.29, 1.82) is 0 Å². The quantitative estimate of drug-likeness (QED) is 0.512. The molecule has 30 heavy (non-hydrogen) atoms. The van der Waals surface area contributed by atoms with Gasteiger partial charge in [-0.05, 0) is 35.9 Å². The lowest BCUT2D eigenvalue weighted by Gasteiger charge is -2.37. The van der Waals surface area contributed by atoms with Crippen molar-refractivity contribution in [2.45, 2.75) is 12.5 Å². The molecule has 0 saturated carbocycles. The molecule has 8 nitrogen and oxygen atoms in total. The number of nitrogens with zero attached hydrogens (tertiary/aromatic N) is 6. The van der Waals surface area contributed by atoms with Crippen molar-refractivity contribution in [3.8, 4) is 11.1 Å². The lowest BCUT2D eigenvalue weighted by molar-refractivity contribution is 0.0991. The number of aromatic nitrogens is 5. The fraction of sp³-hybridized carbons (Fsp3) is 0.227. The van der Waals surface area contributed by atoms with E-state index < -0.39 is 0 Å². The van der Waals surface area contributed by atoms with Gasteiger partial charge >= 0.3 is 0 Å². The van der Waals surface area contributed by atoms with Gasteiger partial charge < -0.3 is 10.6 Å². The standard InChI is InChI=1S/C22H21N7O/c1-28-11-17(10-25-28)14-2-3-20-16(6-14)7-19(26-27-20)9-21(30)15-4-5-24-22(8-15)29-12-18(23)13-29/h2-8,10-11,18H,9,12-13,23H2,1H3. The van der Waals surface area contributed by atoms with Crippen LogP contribution < -0.4 is 10.6 Å². The van der Waals surface area contributed by atoms with Crippen LogP contribution in [0.4, 0.5) is 5.82 Å². The van der Waals surface area contributed by atoms with Crippen LogP contribution in [0.5, 0.6) is 0 Å². The summed E-state index contributed by atoms with van der Waals surface area (Å²) < 4.78 is 1.77. The summed E-state index contributed by atoms with van der Waals surface area (Å²) in [6.07, 6.45) is 5.64. The molecule has 1 fully saturated rings. The Morgan fingerprint density at radius 1 is 1.13 bits per heavy atom. The van der Waals surface area contributed by atoms with E-state index in [-0.39, 0.29) is 18.2 Å². The van der Waals surface area contributed by atoms with Crippen molar-refractivity contribution in [3.05, 3.63) is 66.2 Å². The van der Waals surface area contributed by atoms with Crippen LogP contribution in [0, 0.1) is 0 Å². The van der Waals surface area contributed by atoms with Crippen molar-refractivity contribution >= 4 is 22.5 Å². The number of aryl methyl sites for hydroxylation is 1. The normalized spacial score (nSPS) is 14.1. The van der Waals surface area contributed by atoms with E-state index in [2.05, 4.69) is 25.2 Å². The average molecular weight is 399 g/mol. The van der Waals surface area contributed by atoms with Gasteiger partial charge in [-0.1, -0.05) is 6.07 Å². The molecule has 1 aliphatic heterocycles. The van der Waals surface area contributed by atoms with Gasteiger partial charge in [0.1, 0.15) is 5.82 Å². The molecule has 0 radical (unpaired) electrons. The summed E-state index contributed by atoms with van der Waals surface area (Å²) in [6, 6.07) is 11.6. The summed E-state index contributed by atoms with van der Waals surface area (Å²) in [7, 11) is 1.89. The van der Waals surface area contributed by atoms with Crippen LogP contribution in [-0.4, -0.2) is 49.9 Å². The Morgan fingerprint density at radius 2 is 2.00 bits per heavy atom. The molecule has 0 unspecified atom stereocenters. The molecule has 2 N–H and O–H groups in total. The molecule has 150 valence electrons. The van der Waals surface area contributed by atoms with Gasteiger partial charge in [0.15, 0.2) is 5.78 Å². The van der Waals surface area contributed by atoms with Gasteiger partial charge in [0.25, 0.3) is 0 Å². The second kappa shape index (κ2) is 7.31. The zero-order valence-corrected chi connectivity index (χ0v) is 16.6. The van der Waals surface area contributed by atoms with Gasteiger partial charge in [0.2, 0.25) is 0 Å². The van der Waals surface area contributed by atoms with E-state index in [9.17, 15) is 4.79 Å². The van der Waals surface area contributed by atoms with E-state index in [1.165, 1.54) is 0 Å². The monoisotopic (exact) mass is 399 g/mol. The number of fused-ring (bicyclic) bond motifs is 1. The minimum absolute atomic E-state index is 0.0134. The highest BCUT2D eigenvalue weighted by molar-refractivity contribution is 5.98. The summed E-state index contributed by atoms with van der Waals surface area (Å²) in [5.74, 6) is 0.772. The minimum atomic E-state index is -0.0134. The van der Waals surface area contributed by atoms with Crippen molar-refractivity contribution in [3.63, 3.8) is 0 Å². The predicted molar refractivity (Wildman–Crippen MR) is 114 cm³/mol. The third-order valence-electron chi connectivity index (χ3n) is 5.32. The summed E-state index contributed by atoms with van der Waals surface area (Å²) in [4.78, 5) is 19.3. The first kappa shape index (κ1) is 18.4. The summed E-state index contributed by atoms with van der Waals surface area (Å²) in [5.41, 5.74) is 9.97. The number of carbonyl (C=O) groups is 1. The lowest BCUT2D eigenvalue weighted by Crippen LogP contribution is -2.56. The highest BCUT2D eigenvalue weighted by Gasteiger charge is 2.24. The van der Waals surface area contributed by atoms with E-state index in [4.69, 9.17) is 5.73 Å². The van der Waals surface area contributed by atoms with Gasteiger partial charge in [0, 0.05) is 55.1 Å². The van der Waals surface area contributed by atoms with E-state index in [0.29, 0.717) is 11.3 Å². The van der Waals surface area contributed by atoms with Crippen LogP contribution in [0.15, 0.2) is 55.0 Å². The second-order valence-corrected chi connectivity index (χ2v) is 7.68. The molecule has 0 atom stereocenters. The zero-order chi connectivity index (χ0) is 20.7. The maximum Gasteiger partial charge on any atom is 0.169 e. The van der Waals surface area contributed by atoms with Gasteiger partial charge in [-0.15, -0.1) is 0 Å². The Kier molecular flexibility index (Phi) is 4.48. The molecule has 8 heteroatoms. The third-order valence-corrected chi connectivity index (χ3v) is 5.32. The number of benzene rings is 1. The van der Waals surface area contributed by atoms with Gasteiger partial charge in [-0.2, -0.15) is 15.3 Å². The predicted octanol–water partition coefficient (Wildman–Crippen LogP) is 2.00. The van der Waals surface area contributed by atoms with Crippen LogP contribution in [0.3, 0.4) is 0 Å². The molecular formula is C22H21N7O. The molecule has 0 amide bonds. The molecule has 1 aliphatic rings. The number of anilines is 1. The fourth-order valence-electron chi connectivity index (χ4n) is 3.65. The maximum atomic E-state index is 12.8. The minimum Gasteiger partial charge on any atom is -0.353 e. The average Bonchev–Trinajstić information content (AvgIpc) is 3.17. The highest BCUT2D eigenvalue weighted by Crippen LogP contribution is 2.24. The first-order chi connectivity index (χ1) is 14.5. The maximum absolute atomic E-state index is 12.8. The van der Waals surface area contributed by atoms with Gasteiger partial charge in [-0.25, -0.2) is 4.98 Å². The van der Waals surface area contributed by atoms with Crippen LogP contribution >= 0.6 is 0 Å². The first-order valence-corrected chi connectivity index (χ1v) is 9.80. The number of rotatable bonds is 5. The summed E-state index contributed by atoms with van der Waals surface area (Å²) in [6.45, 7) is 1.53. The Labute approximate surface area is 173 Å². The highest BCUT2D eigenvalue weighted by atomic mass is 16.1. The molecule has 5 rings (SSSR count). The second-order valence-electron chi connectivity index (χ2n) is 7.68. The molecule has 4 heterocycles. The van der Waals surface area contributed by atoms with Crippen molar-refractivity contribution in [1.82, 2.24) is 25.0 Å². The molecule has 0 bridgehead atoms. The first-order valence-electron chi connectivity index (χ1n) is 9.80. The Morgan fingerprint density at radius 3 is 2.77 bits per heavy atom. The number of ketones is 1. The SMILES string of the molecule is Cn1cc(-c2ccc3nnc(CC(=O)c4ccnc(N5CC(N)C5)c4)cc3c2)cn1. The number of carbonyl (C=O) groups excluding carboxylic acids is 1. The number of hydrogen-bond acceptors (Lipinski definition) is 7. The van der Waals surface area contributed by atoms with E-state index in [1.54, 1.807) is 16.9 Å². The van der Waals surface area contributed by atoms with Crippen molar-refractivity contribution in [2.75, 3.05) is 18.0 Å². The molecule has 0 aliphatic carbocycles. The molecule has 3 aromatic heterocycles. The van der Waals surface area contributed by atoms with Crippen LogP contribution in [-0.2, 0) is 13.5 Å². The number of nitrogens with two attached hydrogens (primary N) is 1. The van der Waals surface area contributed by atoms with Gasteiger partial charge in [0.05, 0.1) is 23.8 Å². The molecule has 4 aromatic rings. The molecule has 1 aromatic carbocycles. The zero-order valence-electron chi connectivity index (χ0n) is 16.6. The van der Waals surface area contributed by atoms with Crippen molar-refractivity contribution in [2.24, 2.45) is 12.8 Å². The van der Waals surface area contributed by atoms with Crippen LogP contribution in [0.1, 0.15) is 16.1 Å². The molecule has 1 saturated heterocycles. The summed E-state index contributed by atoms with van der Waals surface area (Å²) in [5, 5.41) is 13.7. The smallest absolute Gasteiger partial charge is 0.169 e. The largest absolute Gasteiger partial charge is 0.353 e. The molecule has 0 spiro atoms. The van der Waals surface area contributed by atoms with Crippen LogP contribution in [0.2, 0.25) is 0 Å². The number of Topliss-reactive ketones (excluding diaryl/α,β-unsaturated/α-hetero) is 1. The number of pyridine rings is 1. The number of hydrogen-bond donors (Lipinski definition) is 1. The van der Waals surface area contributed by atoms with Crippen LogP contribution in [0.25, 0.3) is 22.0 Å². The van der Waals surface area contributed by atoms with E-state index in [0.717, 1.165) is 40.9 Å². The Bertz CT molecular complexity index is 1240. The Hall–Kier alpha value is -3.65. The summed E-state index contributed by atoms with van der Waals surface area (Å²) >= 11 is 0. The topological polar surface area (TPSA) is 103 Å². The third kappa shape index (κ3) is 3.53. The van der Waals surface area contributed by atoms with E-state index in [1.807, 2.05) is 49.8 Å². The van der Waals surface area contributed by atoms with Crippen molar-refractivity contribution < 1.29 is 4.79 Å². The molecular weight excluding hydrogens is 378 g/mol. The van der Waals surface area contributed by atoms with E-state index >= 15 is 0 Å². The fourth-order valence-corrected chi connectivity index (χ4v) is 3.65.